The second kappa shape index (κ2) is 4.75. The van der Waals surface area contributed by atoms with Gasteiger partial charge in [0.05, 0.1) is 12.1 Å². The molecule has 0 aromatic heterocycles. The van der Waals surface area contributed by atoms with Gasteiger partial charge >= 0.3 is 0 Å². The summed E-state index contributed by atoms with van der Waals surface area (Å²) in [6, 6.07) is 8.59. The summed E-state index contributed by atoms with van der Waals surface area (Å²) in [5, 5.41) is 0. The SMILES string of the molecule is Cc1ccccc1N1C(N)=NCC12CCCC(C1CC1)C2. The minimum absolute atomic E-state index is 0.154. The lowest BCUT2D eigenvalue weighted by molar-refractivity contribution is 0.219. The molecule has 2 aliphatic carbocycles. The van der Waals surface area contributed by atoms with E-state index in [4.69, 9.17) is 5.73 Å². The summed E-state index contributed by atoms with van der Waals surface area (Å²) in [5.74, 6) is 2.61. The zero-order valence-electron chi connectivity index (χ0n) is 12.9. The van der Waals surface area contributed by atoms with E-state index in [1.54, 1.807) is 0 Å². The molecule has 3 heteroatoms. The van der Waals surface area contributed by atoms with Crippen molar-refractivity contribution >= 4 is 11.6 Å². The Hall–Kier alpha value is -1.51. The molecule has 0 saturated heterocycles. The smallest absolute Gasteiger partial charge is 0.196 e. The van der Waals surface area contributed by atoms with Crippen LogP contribution in [0.4, 0.5) is 5.69 Å². The molecule has 21 heavy (non-hydrogen) atoms. The molecule has 2 N–H and O–H groups in total. The normalized spacial score (nSPS) is 32.5. The van der Waals surface area contributed by atoms with E-state index in [9.17, 15) is 0 Å². The maximum atomic E-state index is 6.30. The van der Waals surface area contributed by atoms with Gasteiger partial charge in [0.1, 0.15) is 0 Å². The van der Waals surface area contributed by atoms with Gasteiger partial charge in [-0.2, -0.15) is 0 Å². The van der Waals surface area contributed by atoms with Gasteiger partial charge in [0, 0.05) is 5.69 Å². The van der Waals surface area contributed by atoms with Gasteiger partial charge in [-0.25, -0.2) is 0 Å². The van der Waals surface area contributed by atoms with Crippen molar-refractivity contribution in [3.05, 3.63) is 29.8 Å². The molecule has 3 aliphatic rings. The van der Waals surface area contributed by atoms with E-state index in [1.165, 1.54) is 49.8 Å². The zero-order chi connectivity index (χ0) is 14.4. The first-order valence-corrected chi connectivity index (χ1v) is 8.35. The Morgan fingerprint density at radius 3 is 2.76 bits per heavy atom. The van der Waals surface area contributed by atoms with Gasteiger partial charge in [-0.1, -0.05) is 31.0 Å². The van der Waals surface area contributed by atoms with Gasteiger partial charge in [-0.15, -0.1) is 0 Å². The first-order valence-electron chi connectivity index (χ1n) is 8.35. The number of hydrogen-bond acceptors (Lipinski definition) is 3. The van der Waals surface area contributed by atoms with E-state index in [0.29, 0.717) is 0 Å². The van der Waals surface area contributed by atoms with Crippen molar-refractivity contribution in [3.8, 4) is 0 Å². The summed E-state index contributed by atoms with van der Waals surface area (Å²) in [6.07, 6.45) is 8.13. The molecule has 112 valence electrons. The number of nitrogens with two attached hydrogens (primary N) is 1. The molecule has 0 bridgehead atoms. The minimum Gasteiger partial charge on any atom is -0.369 e. The van der Waals surface area contributed by atoms with E-state index in [1.807, 2.05) is 0 Å². The van der Waals surface area contributed by atoms with Gasteiger partial charge in [0.15, 0.2) is 5.96 Å². The second-order valence-corrected chi connectivity index (χ2v) is 7.21. The third-order valence-corrected chi connectivity index (χ3v) is 5.74. The van der Waals surface area contributed by atoms with Crippen molar-refractivity contribution in [2.24, 2.45) is 22.6 Å². The largest absolute Gasteiger partial charge is 0.369 e. The number of aliphatic imine (C=N–C) groups is 1. The van der Waals surface area contributed by atoms with Crippen LogP contribution in [0.5, 0.6) is 0 Å². The summed E-state index contributed by atoms with van der Waals surface area (Å²) in [6.45, 7) is 3.06. The number of nitrogens with zero attached hydrogens (tertiary/aromatic N) is 2. The Bertz CT molecular complexity index is 576. The van der Waals surface area contributed by atoms with Crippen LogP contribution < -0.4 is 10.6 Å². The van der Waals surface area contributed by atoms with Crippen LogP contribution >= 0.6 is 0 Å². The lowest BCUT2D eigenvalue weighted by atomic mass is 9.73. The van der Waals surface area contributed by atoms with Crippen LogP contribution in [0.25, 0.3) is 0 Å². The highest BCUT2D eigenvalue weighted by atomic mass is 15.4. The number of rotatable bonds is 2. The van der Waals surface area contributed by atoms with Crippen molar-refractivity contribution in [1.82, 2.24) is 0 Å². The van der Waals surface area contributed by atoms with Crippen LogP contribution in [-0.2, 0) is 0 Å². The zero-order valence-corrected chi connectivity index (χ0v) is 12.9. The summed E-state index contributed by atoms with van der Waals surface area (Å²) >= 11 is 0. The van der Waals surface area contributed by atoms with Crippen LogP contribution in [-0.4, -0.2) is 18.0 Å². The van der Waals surface area contributed by atoms with Crippen molar-refractivity contribution < 1.29 is 0 Å². The van der Waals surface area contributed by atoms with E-state index in [2.05, 4.69) is 41.1 Å². The Kier molecular flexibility index (Phi) is 2.98. The first kappa shape index (κ1) is 13.2. The molecule has 0 radical (unpaired) electrons. The Morgan fingerprint density at radius 2 is 2.00 bits per heavy atom. The molecule has 2 unspecified atom stereocenters. The van der Waals surface area contributed by atoms with E-state index in [0.717, 1.165) is 24.3 Å². The van der Waals surface area contributed by atoms with Crippen molar-refractivity contribution in [1.29, 1.82) is 0 Å². The third-order valence-electron chi connectivity index (χ3n) is 5.74. The molecule has 4 rings (SSSR count). The molecule has 1 aromatic rings. The van der Waals surface area contributed by atoms with Crippen molar-refractivity contribution in [3.63, 3.8) is 0 Å². The molecule has 1 heterocycles. The predicted octanol–water partition coefficient (Wildman–Crippen LogP) is 3.47. The summed E-state index contributed by atoms with van der Waals surface area (Å²) in [7, 11) is 0. The van der Waals surface area contributed by atoms with Crippen LogP contribution in [0.1, 0.15) is 44.1 Å². The van der Waals surface area contributed by atoms with Gasteiger partial charge in [0.25, 0.3) is 0 Å². The summed E-state index contributed by atoms with van der Waals surface area (Å²) in [5.41, 5.74) is 9.01. The molecule has 2 saturated carbocycles. The molecule has 2 fully saturated rings. The van der Waals surface area contributed by atoms with E-state index >= 15 is 0 Å². The molecular formula is C18H25N3. The van der Waals surface area contributed by atoms with E-state index in [-0.39, 0.29) is 5.54 Å². The van der Waals surface area contributed by atoms with Gasteiger partial charge < -0.3 is 10.6 Å². The van der Waals surface area contributed by atoms with Crippen LogP contribution in [0.2, 0.25) is 0 Å². The van der Waals surface area contributed by atoms with Gasteiger partial charge in [-0.05, 0) is 56.1 Å². The number of benzene rings is 1. The number of guanidine groups is 1. The molecular weight excluding hydrogens is 258 g/mol. The van der Waals surface area contributed by atoms with Gasteiger partial charge in [-0.3, -0.25) is 4.99 Å². The number of hydrogen-bond donors (Lipinski definition) is 1. The number of anilines is 1. The van der Waals surface area contributed by atoms with Crippen molar-refractivity contribution in [2.45, 2.75) is 51.0 Å². The average molecular weight is 283 g/mol. The molecule has 1 aromatic carbocycles. The maximum absolute atomic E-state index is 6.30. The van der Waals surface area contributed by atoms with Gasteiger partial charge in [0.2, 0.25) is 0 Å². The highest BCUT2D eigenvalue weighted by Gasteiger charge is 2.49. The number of aryl methyl sites for hydroxylation is 1. The fourth-order valence-electron chi connectivity index (χ4n) is 4.51. The third kappa shape index (κ3) is 2.14. The standard InChI is InChI=1S/C18H25N3/c1-13-5-2-3-7-16(13)21-17(19)20-12-18(21)10-4-6-15(11-18)14-8-9-14/h2-3,5,7,14-15H,4,6,8-12H2,1H3,(H2,19,20). The van der Waals surface area contributed by atoms with Crippen molar-refractivity contribution in [2.75, 3.05) is 11.4 Å². The quantitative estimate of drug-likeness (QED) is 0.903. The fourth-order valence-corrected chi connectivity index (χ4v) is 4.51. The van der Waals surface area contributed by atoms with Crippen LogP contribution in [0.15, 0.2) is 29.3 Å². The lowest BCUT2D eigenvalue weighted by Gasteiger charge is -2.45. The summed E-state index contributed by atoms with van der Waals surface area (Å²) in [4.78, 5) is 7.02. The average Bonchev–Trinajstić information content (AvgIpc) is 3.29. The molecule has 1 aliphatic heterocycles. The highest BCUT2D eigenvalue weighted by Crippen LogP contribution is 2.50. The van der Waals surface area contributed by atoms with Crippen LogP contribution in [0, 0.1) is 18.8 Å². The molecule has 2 atom stereocenters. The summed E-state index contributed by atoms with van der Waals surface area (Å²) < 4.78 is 0. The predicted molar refractivity (Wildman–Crippen MR) is 87.6 cm³/mol. The minimum atomic E-state index is 0.154. The topological polar surface area (TPSA) is 41.6 Å². The Labute approximate surface area is 127 Å². The monoisotopic (exact) mass is 283 g/mol. The lowest BCUT2D eigenvalue weighted by Crippen LogP contribution is -2.54. The molecule has 0 amide bonds. The first-order chi connectivity index (χ1) is 10.2. The van der Waals surface area contributed by atoms with E-state index < -0.39 is 0 Å². The number of para-hydroxylation sites is 1. The molecule has 1 spiro atoms. The fraction of sp³-hybridized carbons (Fsp3) is 0.611. The maximum Gasteiger partial charge on any atom is 0.196 e. The Morgan fingerprint density at radius 1 is 1.19 bits per heavy atom. The molecule has 3 nitrogen and oxygen atoms in total. The Balaban J connectivity index is 1.69. The highest BCUT2D eigenvalue weighted by molar-refractivity contribution is 5.99. The van der Waals surface area contributed by atoms with Crippen LogP contribution in [0.3, 0.4) is 0 Å². The second-order valence-electron chi connectivity index (χ2n) is 7.21.